The van der Waals surface area contributed by atoms with Gasteiger partial charge in [-0.05, 0) is 39.7 Å². The topological polar surface area (TPSA) is 53.7 Å². The molecular weight excluding hydrogens is 334 g/mol. The summed E-state index contributed by atoms with van der Waals surface area (Å²) in [5, 5.41) is 0. The number of hydrogen-bond donors (Lipinski definition) is 1. The first-order valence-corrected chi connectivity index (χ1v) is 7.30. The number of halogens is 1. The van der Waals surface area contributed by atoms with E-state index in [-0.39, 0.29) is 0 Å². The Hall–Kier alpha value is -1.72. The summed E-state index contributed by atoms with van der Waals surface area (Å²) in [6.45, 7) is 0.828. The zero-order chi connectivity index (χ0) is 15.2. The molecule has 0 aliphatic carbocycles. The van der Waals surface area contributed by atoms with E-state index in [1.807, 2.05) is 36.4 Å². The van der Waals surface area contributed by atoms with Crippen molar-refractivity contribution in [2.75, 3.05) is 14.2 Å². The molecule has 0 amide bonds. The number of para-hydroxylation sites is 1. The van der Waals surface area contributed by atoms with Gasteiger partial charge in [0.1, 0.15) is 12.4 Å². The zero-order valence-electron chi connectivity index (χ0n) is 12.1. The third kappa shape index (κ3) is 3.68. The van der Waals surface area contributed by atoms with Crippen LogP contribution in [-0.2, 0) is 13.2 Å². The lowest BCUT2D eigenvalue weighted by Gasteiger charge is -2.14. The van der Waals surface area contributed by atoms with Gasteiger partial charge in [0.2, 0.25) is 0 Å². The summed E-state index contributed by atoms with van der Waals surface area (Å²) >= 11 is 3.46. The Balaban J connectivity index is 2.18. The standard InChI is InChI=1S/C16H18BrNO3/c1-19-14-7-6-11(8-13(14)17)10-21-16-12(9-18)4-3-5-15(16)20-2/h3-8H,9-10,18H2,1-2H3. The van der Waals surface area contributed by atoms with Crippen molar-refractivity contribution in [1.29, 1.82) is 0 Å². The molecular formula is C16H18BrNO3. The lowest BCUT2D eigenvalue weighted by molar-refractivity contribution is 0.281. The van der Waals surface area contributed by atoms with Crippen LogP contribution in [0.25, 0.3) is 0 Å². The van der Waals surface area contributed by atoms with Crippen LogP contribution in [0.15, 0.2) is 40.9 Å². The lowest BCUT2D eigenvalue weighted by atomic mass is 10.2. The van der Waals surface area contributed by atoms with Gasteiger partial charge in [-0.15, -0.1) is 0 Å². The average Bonchev–Trinajstić information content (AvgIpc) is 2.52. The summed E-state index contributed by atoms with van der Waals surface area (Å²) in [6.07, 6.45) is 0. The van der Waals surface area contributed by atoms with Crippen LogP contribution in [0.5, 0.6) is 17.2 Å². The number of benzene rings is 2. The highest BCUT2D eigenvalue weighted by atomic mass is 79.9. The second-order valence-electron chi connectivity index (χ2n) is 4.41. The van der Waals surface area contributed by atoms with Crippen LogP contribution < -0.4 is 19.9 Å². The van der Waals surface area contributed by atoms with E-state index in [1.54, 1.807) is 14.2 Å². The van der Waals surface area contributed by atoms with Crippen molar-refractivity contribution in [1.82, 2.24) is 0 Å². The summed E-state index contributed by atoms with van der Waals surface area (Å²) < 4.78 is 17.3. The van der Waals surface area contributed by atoms with Crippen LogP contribution in [0.1, 0.15) is 11.1 Å². The Morgan fingerprint density at radius 3 is 2.43 bits per heavy atom. The highest BCUT2D eigenvalue weighted by molar-refractivity contribution is 9.10. The van der Waals surface area contributed by atoms with Crippen LogP contribution in [-0.4, -0.2) is 14.2 Å². The van der Waals surface area contributed by atoms with Gasteiger partial charge in [-0.25, -0.2) is 0 Å². The number of rotatable bonds is 6. The SMILES string of the molecule is COc1ccc(COc2c(CN)cccc2OC)cc1Br. The highest BCUT2D eigenvalue weighted by Gasteiger charge is 2.10. The minimum absolute atomic E-state index is 0.402. The van der Waals surface area contributed by atoms with E-state index in [0.29, 0.717) is 24.7 Å². The van der Waals surface area contributed by atoms with Crippen LogP contribution in [0.2, 0.25) is 0 Å². The summed E-state index contributed by atoms with van der Waals surface area (Å²) in [4.78, 5) is 0. The van der Waals surface area contributed by atoms with E-state index in [0.717, 1.165) is 21.3 Å². The highest BCUT2D eigenvalue weighted by Crippen LogP contribution is 2.32. The van der Waals surface area contributed by atoms with E-state index in [1.165, 1.54) is 0 Å². The predicted octanol–water partition coefficient (Wildman–Crippen LogP) is 3.50. The molecule has 0 heterocycles. The van der Waals surface area contributed by atoms with E-state index < -0.39 is 0 Å². The monoisotopic (exact) mass is 351 g/mol. The third-order valence-corrected chi connectivity index (χ3v) is 3.72. The summed E-state index contributed by atoms with van der Waals surface area (Å²) in [5.74, 6) is 2.17. The minimum atomic E-state index is 0.402. The number of ether oxygens (including phenoxy) is 3. The summed E-state index contributed by atoms with van der Waals surface area (Å²) in [7, 11) is 3.26. The first-order chi connectivity index (χ1) is 10.2. The van der Waals surface area contributed by atoms with Crippen molar-refractivity contribution in [3.8, 4) is 17.2 Å². The Bertz CT molecular complexity index is 594. The fraction of sp³-hybridized carbons (Fsp3) is 0.250. The van der Waals surface area contributed by atoms with Crippen LogP contribution in [0.4, 0.5) is 0 Å². The van der Waals surface area contributed by atoms with E-state index in [4.69, 9.17) is 19.9 Å². The van der Waals surface area contributed by atoms with Crippen LogP contribution >= 0.6 is 15.9 Å². The van der Waals surface area contributed by atoms with Crippen molar-refractivity contribution in [3.63, 3.8) is 0 Å². The molecule has 0 aromatic heterocycles. The molecule has 0 bridgehead atoms. The maximum Gasteiger partial charge on any atom is 0.166 e. The van der Waals surface area contributed by atoms with Crippen LogP contribution in [0.3, 0.4) is 0 Å². The van der Waals surface area contributed by atoms with Gasteiger partial charge in [-0.3, -0.25) is 0 Å². The Morgan fingerprint density at radius 1 is 1.05 bits per heavy atom. The first-order valence-electron chi connectivity index (χ1n) is 6.50. The molecule has 0 atom stereocenters. The molecule has 2 N–H and O–H groups in total. The molecule has 0 spiro atoms. The van der Waals surface area contributed by atoms with Gasteiger partial charge >= 0.3 is 0 Å². The fourth-order valence-corrected chi connectivity index (χ4v) is 2.59. The second kappa shape index (κ2) is 7.33. The molecule has 112 valence electrons. The number of hydrogen-bond acceptors (Lipinski definition) is 4. The summed E-state index contributed by atoms with van der Waals surface area (Å²) in [5.41, 5.74) is 7.69. The van der Waals surface area contributed by atoms with Gasteiger partial charge in [-0.1, -0.05) is 18.2 Å². The van der Waals surface area contributed by atoms with Gasteiger partial charge in [0.25, 0.3) is 0 Å². The fourth-order valence-electron chi connectivity index (χ4n) is 2.00. The second-order valence-corrected chi connectivity index (χ2v) is 5.26. The van der Waals surface area contributed by atoms with Gasteiger partial charge in [-0.2, -0.15) is 0 Å². The van der Waals surface area contributed by atoms with E-state index >= 15 is 0 Å². The van der Waals surface area contributed by atoms with Crippen molar-refractivity contribution in [3.05, 3.63) is 52.0 Å². The molecule has 2 aromatic rings. The number of nitrogens with two attached hydrogens (primary N) is 1. The molecule has 0 fully saturated rings. The molecule has 0 saturated carbocycles. The molecule has 0 saturated heterocycles. The Kier molecular flexibility index (Phi) is 5.47. The average molecular weight is 352 g/mol. The molecule has 0 aliphatic heterocycles. The Labute approximate surface area is 132 Å². The zero-order valence-corrected chi connectivity index (χ0v) is 13.6. The molecule has 2 aromatic carbocycles. The van der Waals surface area contributed by atoms with Crippen molar-refractivity contribution in [2.24, 2.45) is 5.73 Å². The quantitative estimate of drug-likeness (QED) is 0.865. The summed E-state index contributed by atoms with van der Waals surface area (Å²) in [6, 6.07) is 11.5. The molecule has 0 aliphatic rings. The normalized spacial score (nSPS) is 10.3. The molecule has 5 heteroatoms. The van der Waals surface area contributed by atoms with Crippen LogP contribution in [0, 0.1) is 0 Å². The van der Waals surface area contributed by atoms with Crippen molar-refractivity contribution < 1.29 is 14.2 Å². The molecule has 4 nitrogen and oxygen atoms in total. The Morgan fingerprint density at radius 2 is 1.81 bits per heavy atom. The van der Waals surface area contributed by atoms with Gasteiger partial charge < -0.3 is 19.9 Å². The maximum absolute atomic E-state index is 5.90. The van der Waals surface area contributed by atoms with Gasteiger partial charge in [0.05, 0.1) is 18.7 Å². The molecule has 21 heavy (non-hydrogen) atoms. The molecule has 0 radical (unpaired) electrons. The minimum Gasteiger partial charge on any atom is -0.496 e. The smallest absolute Gasteiger partial charge is 0.166 e. The lowest BCUT2D eigenvalue weighted by Crippen LogP contribution is -2.04. The van der Waals surface area contributed by atoms with Crippen molar-refractivity contribution in [2.45, 2.75) is 13.2 Å². The van der Waals surface area contributed by atoms with Gasteiger partial charge in [0, 0.05) is 12.1 Å². The molecule has 2 rings (SSSR count). The van der Waals surface area contributed by atoms with Gasteiger partial charge in [0.15, 0.2) is 11.5 Å². The largest absolute Gasteiger partial charge is 0.496 e. The van der Waals surface area contributed by atoms with E-state index in [2.05, 4.69) is 15.9 Å². The maximum atomic E-state index is 5.90. The van der Waals surface area contributed by atoms with E-state index in [9.17, 15) is 0 Å². The number of methoxy groups -OCH3 is 2. The first kappa shape index (κ1) is 15.7. The molecule has 0 unspecified atom stereocenters. The third-order valence-electron chi connectivity index (χ3n) is 3.10. The predicted molar refractivity (Wildman–Crippen MR) is 85.9 cm³/mol. The van der Waals surface area contributed by atoms with Crippen molar-refractivity contribution >= 4 is 15.9 Å².